The molecule has 0 radical (unpaired) electrons. The molecule has 1 N–H and O–H groups in total. The first-order valence-electron chi connectivity index (χ1n) is 4.30. The Morgan fingerprint density at radius 3 is 2.65 bits per heavy atom. The Balaban J connectivity index is 3.23. The number of nitrogens with zero attached hydrogens (tertiary/aromatic N) is 1. The van der Waals surface area contributed by atoms with E-state index in [4.69, 9.17) is 5.26 Å². The summed E-state index contributed by atoms with van der Waals surface area (Å²) in [6, 6.07) is 2.84. The molecule has 0 unspecified atom stereocenters. The zero-order valence-corrected chi connectivity index (χ0v) is 8.59. The fourth-order valence-electron chi connectivity index (χ4n) is 1.12. The molecule has 0 aromatic carbocycles. The Bertz CT molecular complexity index is 502. The van der Waals surface area contributed by atoms with Crippen LogP contribution in [0.2, 0.25) is 0 Å². The molecule has 1 aromatic heterocycles. The third-order valence-corrected chi connectivity index (χ3v) is 1.72. The number of alkyl halides is 3. The topological polar surface area (TPSA) is 75.1 Å². The van der Waals surface area contributed by atoms with Crippen LogP contribution in [-0.2, 0) is 6.42 Å². The molecule has 1 heterocycles. The highest BCUT2D eigenvalue weighted by atomic mass is 19.4. The molecular weight excluding hydrogens is 241 g/mol. The van der Waals surface area contributed by atoms with E-state index in [1.54, 1.807) is 6.07 Å². The van der Waals surface area contributed by atoms with Crippen LogP contribution in [0.25, 0.3) is 0 Å². The summed E-state index contributed by atoms with van der Waals surface area (Å²) in [5.74, 6) is -1.36. The van der Waals surface area contributed by atoms with E-state index >= 15 is 0 Å². The molecule has 5 nitrogen and oxygen atoms in total. The molecule has 8 heteroatoms. The second kappa shape index (κ2) is 4.78. The molecule has 92 valence electrons. The number of hydrogen-bond acceptors (Lipinski definition) is 4. The average molecular weight is 248 g/mol. The van der Waals surface area contributed by atoms with Crippen molar-refractivity contribution in [2.75, 3.05) is 7.11 Å². The van der Waals surface area contributed by atoms with Gasteiger partial charge in [-0.2, -0.15) is 5.26 Å². The van der Waals surface area contributed by atoms with Gasteiger partial charge in [0.15, 0.2) is 5.75 Å². The Hall–Kier alpha value is -2.17. The van der Waals surface area contributed by atoms with Gasteiger partial charge in [-0.1, -0.05) is 0 Å². The number of rotatable bonds is 3. The van der Waals surface area contributed by atoms with E-state index in [1.165, 1.54) is 0 Å². The molecule has 0 aliphatic heterocycles. The van der Waals surface area contributed by atoms with E-state index in [0.29, 0.717) is 0 Å². The lowest BCUT2D eigenvalue weighted by Crippen LogP contribution is -2.24. The van der Waals surface area contributed by atoms with E-state index < -0.39 is 17.7 Å². The zero-order chi connectivity index (χ0) is 13.1. The van der Waals surface area contributed by atoms with Crippen LogP contribution in [0.4, 0.5) is 13.2 Å². The Morgan fingerprint density at radius 2 is 2.18 bits per heavy atom. The second-order valence-corrected chi connectivity index (χ2v) is 2.90. The number of aromatic amines is 1. The number of hydrogen-bond donors (Lipinski definition) is 1. The molecular formula is C9H7F3N2O3. The smallest absolute Gasteiger partial charge is 0.493 e. The molecule has 0 saturated heterocycles. The lowest BCUT2D eigenvalue weighted by molar-refractivity contribution is -0.275. The van der Waals surface area contributed by atoms with Gasteiger partial charge in [0.2, 0.25) is 5.75 Å². The van der Waals surface area contributed by atoms with Crippen molar-refractivity contribution in [1.82, 2.24) is 4.98 Å². The van der Waals surface area contributed by atoms with Crippen LogP contribution in [0.5, 0.6) is 11.5 Å². The minimum atomic E-state index is -4.99. The summed E-state index contributed by atoms with van der Waals surface area (Å²) in [5.41, 5.74) is -0.962. The maximum atomic E-state index is 12.0. The van der Waals surface area contributed by atoms with Crippen molar-refractivity contribution in [2.24, 2.45) is 0 Å². The third-order valence-electron chi connectivity index (χ3n) is 1.72. The Kier molecular flexibility index (Phi) is 3.62. The van der Waals surface area contributed by atoms with Gasteiger partial charge < -0.3 is 14.5 Å². The van der Waals surface area contributed by atoms with Gasteiger partial charge in [0.1, 0.15) is 0 Å². The molecule has 0 spiro atoms. The number of ether oxygens (including phenoxy) is 2. The first-order valence-corrected chi connectivity index (χ1v) is 4.30. The maximum Gasteiger partial charge on any atom is 0.573 e. The molecule has 0 bridgehead atoms. The van der Waals surface area contributed by atoms with Crippen molar-refractivity contribution >= 4 is 0 Å². The van der Waals surface area contributed by atoms with Crippen molar-refractivity contribution in [2.45, 2.75) is 12.8 Å². The maximum absolute atomic E-state index is 12.0. The summed E-state index contributed by atoms with van der Waals surface area (Å²) in [6.45, 7) is 0. The van der Waals surface area contributed by atoms with Gasteiger partial charge in [0, 0.05) is 11.8 Å². The van der Waals surface area contributed by atoms with Crippen molar-refractivity contribution in [1.29, 1.82) is 5.26 Å². The van der Waals surface area contributed by atoms with E-state index in [1.807, 2.05) is 0 Å². The van der Waals surface area contributed by atoms with Crippen molar-refractivity contribution in [3.05, 3.63) is 22.1 Å². The minimum Gasteiger partial charge on any atom is -0.493 e. The largest absolute Gasteiger partial charge is 0.573 e. The van der Waals surface area contributed by atoms with Crippen molar-refractivity contribution in [3.63, 3.8) is 0 Å². The summed E-state index contributed by atoms with van der Waals surface area (Å²) < 4.78 is 44.2. The summed E-state index contributed by atoms with van der Waals surface area (Å²) in [6.07, 6.45) is -5.14. The number of methoxy groups -OCH3 is 1. The molecule has 0 saturated carbocycles. The van der Waals surface area contributed by atoms with Gasteiger partial charge in [-0.25, -0.2) is 0 Å². The first-order chi connectivity index (χ1) is 7.87. The number of nitriles is 1. The number of H-pyrrole nitrogens is 1. The van der Waals surface area contributed by atoms with Crippen LogP contribution < -0.4 is 15.0 Å². The van der Waals surface area contributed by atoms with E-state index in [2.05, 4.69) is 14.5 Å². The van der Waals surface area contributed by atoms with Crippen LogP contribution >= 0.6 is 0 Å². The lowest BCUT2D eigenvalue weighted by atomic mass is 10.2. The molecule has 1 aromatic rings. The quantitative estimate of drug-likeness (QED) is 0.875. The third kappa shape index (κ3) is 3.41. The van der Waals surface area contributed by atoms with E-state index in [0.717, 1.165) is 13.2 Å². The van der Waals surface area contributed by atoms with Crippen LogP contribution in [0.15, 0.2) is 10.9 Å². The Morgan fingerprint density at radius 1 is 1.53 bits per heavy atom. The van der Waals surface area contributed by atoms with E-state index in [-0.39, 0.29) is 17.9 Å². The second-order valence-electron chi connectivity index (χ2n) is 2.90. The fourth-order valence-corrected chi connectivity index (χ4v) is 1.12. The number of aromatic nitrogens is 1. The lowest BCUT2D eigenvalue weighted by Gasteiger charge is -2.11. The van der Waals surface area contributed by atoms with Crippen LogP contribution in [0, 0.1) is 11.3 Å². The van der Waals surface area contributed by atoms with Gasteiger partial charge in [0.05, 0.1) is 19.6 Å². The fraction of sp³-hybridized carbons (Fsp3) is 0.333. The standard InChI is InChI=1S/C9H7F3N2O3/c1-16-6-4-5(2-3-13)14-8(15)7(6)17-9(10,11)12/h4H,2H2,1H3,(H,14,15). The van der Waals surface area contributed by atoms with Crippen LogP contribution in [0.3, 0.4) is 0 Å². The molecule has 0 amide bonds. The highest BCUT2D eigenvalue weighted by Crippen LogP contribution is 2.28. The molecule has 17 heavy (non-hydrogen) atoms. The normalized spacial score (nSPS) is 10.8. The van der Waals surface area contributed by atoms with Gasteiger partial charge in [-0.05, 0) is 0 Å². The van der Waals surface area contributed by atoms with Gasteiger partial charge in [-0.3, -0.25) is 4.79 Å². The summed E-state index contributed by atoms with van der Waals surface area (Å²) in [5, 5.41) is 8.41. The van der Waals surface area contributed by atoms with Gasteiger partial charge in [-0.15, -0.1) is 13.2 Å². The first kappa shape index (κ1) is 12.9. The molecule has 0 aliphatic carbocycles. The number of nitrogens with one attached hydrogen (secondary N) is 1. The molecule has 0 aliphatic rings. The van der Waals surface area contributed by atoms with Crippen molar-refractivity contribution < 1.29 is 22.6 Å². The van der Waals surface area contributed by atoms with Crippen LogP contribution in [-0.4, -0.2) is 18.5 Å². The SMILES string of the molecule is COc1cc(CC#N)[nH]c(=O)c1OC(F)(F)F. The zero-order valence-electron chi connectivity index (χ0n) is 8.59. The minimum absolute atomic E-state index is 0.142. The predicted molar refractivity (Wildman–Crippen MR) is 49.6 cm³/mol. The summed E-state index contributed by atoms with van der Waals surface area (Å²) in [4.78, 5) is 13.4. The highest BCUT2D eigenvalue weighted by Gasteiger charge is 2.34. The summed E-state index contributed by atoms with van der Waals surface area (Å²) in [7, 11) is 1.09. The molecule has 0 atom stereocenters. The molecule has 0 fully saturated rings. The summed E-state index contributed by atoms with van der Waals surface area (Å²) >= 11 is 0. The molecule has 1 rings (SSSR count). The number of halogens is 3. The van der Waals surface area contributed by atoms with Gasteiger partial charge >= 0.3 is 6.36 Å². The average Bonchev–Trinajstić information content (AvgIpc) is 2.20. The Labute approximate surface area is 93.4 Å². The van der Waals surface area contributed by atoms with Crippen LogP contribution in [0.1, 0.15) is 5.69 Å². The highest BCUT2D eigenvalue weighted by molar-refractivity contribution is 5.39. The monoisotopic (exact) mass is 248 g/mol. The number of pyridine rings is 1. The van der Waals surface area contributed by atoms with Crippen molar-refractivity contribution in [3.8, 4) is 17.6 Å². The van der Waals surface area contributed by atoms with Gasteiger partial charge in [0.25, 0.3) is 5.56 Å². The van der Waals surface area contributed by atoms with E-state index in [9.17, 15) is 18.0 Å². The predicted octanol–water partition coefficient (Wildman–Crippen LogP) is 1.35.